The lowest BCUT2D eigenvalue weighted by atomic mass is 10.2. The Morgan fingerprint density at radius 3 is 2.67 bits per heavy atom. The number of rotatable bonds is 5. The molecule has 1 heterocycles. The van der Waals surface area contributed by atoms with E-state index in [2.05, 4.69) is 9.71 Å². The molecule has 0 unspecified atom stereocenters. The van der Waals surface area contributed by atoms with Crippen molar-refractivity contribution in [3.8, 4) is 5.75 Å². The number of amides is 1. The van der Waals surface area contributed by atoms with Gasteiger partial charge in [0, 0.05) is 11.8 Å². The first-order valence-corrected chi connectivity index (χ1v) is 7.33. The number of nitrogens with two attached hydrogens (primary N) is 1. The number of carbonyl (C=O) groups excluding carboxylic acids is 1. The highest BCUT2D eigenvalue weighted by Crippen LogP contribution is 2.26. The maximum atomic E-state index is 12.4. The van der Waals surface area contributed by atoms with Gasteiger partial charge in [0.2, 0.25) is 5.91 Å². The van der Waals surface area contributed by atoms with Gasteiger partial charge in [-0.15, -0.1) is 0 Å². The smallest absolute Gasteiger partial charge is 0.265 e. The Morgan fingerprint density at radius 2 is 2.10 bits per heavy atom. The molecular formula is C13H13N3O4S. The molecule has 0 atom stereocenters. The summed E-state index contributed by atoms with van der Waals surface area (Å²) in [6.07, 6.45) is 2.88. The van der Waals surface area contributed by atoms with Crippen molar-refractivity contribution in [1.82, 2.24) is 4.98 Å². The summed E-state index contributed by atoms with van der Waals surface area (Å²) < 4.78 is 32.1. The molecule has 0 fully saturated rings. The van der Waals surface area contributed by atoms with Crippen LogP contribution in [0.25, 0.3) is 0 Å². The molecule has 7 nitrogen and oxygen atoms in total. The molecule has 0 saturated heterocycles. The van der Waals surface area contributed by atoms with Gasteiger partial charge in [0.05, 0.1) is 19.0 Å². The van der Waals surface area contributed by atoms with Crippen molar-refractivity contribution in [3.63, 3.8) is 0 Å². The predicted molar refractivity (Wildman–Crippen MR) is 76.6 cm³/mol. The Morgan fingerprint density at radius 1 is 1.33 bits per heavy atom. The van der Waals surface area contributed by atoms with Crippen LogP contribution in [0.4, 0.5) is 5.69 Å². The molecule has 0 bridgehead atoms. The van der Waals surface area contributed by atoms with Crippen molar-refractivity contribution in [3.05, 3.63) is 48.3 Å². The average Bonchev–Trinajstić information content (AvgIpc) is 2.47. The van der Waals surface area contributed by atoms with Gasteiger partial charge in [0.25, 0.3) is 10.0 Å². The number of aromatic nitrogens is 1. The monoisotopic (exact) mass is 307 g/mol. The minimum atomic E-state index is -3.93. The summed E-state index contributed by atoms with van der Waals surface area (Å²) >= 11 is 0. The molecule has 110 valence electrons. The molecule has 8 heteroatoms. The van der Waals surface area contributed by atoms with E-state index in [1.165, 1.54) is 37.7 Å². The molecule has 1 aromatic heterocycles. The first-order valence-electron chi connectivity index (χ1n) is 5.85. The third-order valence-electron chi connectivity index (χ3n) is 2.65. The first kappa shape index (κ1) is 14.8. The number of carbonyl (C=O) groups is 1. The van der Waals surface area contributed by atoms with Gasteiger partial charge in [-0.25, -0.2) is 8.42 Å². The number of pyridine rings is 1. The van der Waals surface area contributed by atoms with Crippen LogP contribution in [0.2, 0.25) is 0 Å². The second-order valence-corrected chi connectivity index (χ2v) is 5.73. The minimum Gasteiger partial charge on any atom is -0.495 e. The quantitative estimate of drug-likeness (QED) is 0.855. The summed E-state index contributed by atoms with van der Waals surface area (Å²) in [5, 5.41) is 0. The summed E-state index contributed by atoms with van der Waals surface area (Å²) in [7, 11) is -2.60. The summed E-state index contributed by atoms with van der Waals surface area (Å²) in [4.78, 5) is 14.8. The highest BCUT2D eigenvalue weighted by molar-refractivity contribution is 7.92. The Bertz CT molecular complexity index is 760. The van der Waals surface area contributed by atoms with Crippen molar-refractivity contribution in [2.75, 3.05) is 11.8 Å². The lowest BCUT2D eigenvalue weighted by molar-refractivity contribution is 0.1000. The van der Waals surface area contributed by atoms with E-state index in [0.717, 1.165) is 0 Å². The summed E-state index contributed by atoms with van der Waals surface area (Å²) in [6.45, 7) is 0. The number of methoxy groups -OCH3 is 1. The van der Waals surface area contributed by atoms with Crippen molar-refractivity contribution in [1.29, 1.82) is 0 Å². The third kappa shape index (κ3) is 3.29. The Labute approximate surface area is 121 Å². The van der Waals surface area contributed by atoms with Crippen molar-refractivity contribution in [2.24, 2.45) is 5.73 Å². The number of nitrogens with zero attached hydrogens (tertiary/aromatic N) is 1. The number of sulfonamides is 1. The van der Waals surface area contributed by atoms with Gasteiger partial charge in [0.15, 0.2) is 0 Å². The van der Waals surface area contributed by atoms with Crippen molar-refractivity contribution in [2.45, 2.75) is 4.90 Å². The standard InChI is InChI=1S/C13H13N3O4S/c1-20-11-5-4-9(13(14)17)7-12(11)21(18,19)16-10-3-2-6-15-8-10/h2-8,16H,1H3,(H2,14,17). The number of ether oxygens (including phenoxy) is 1. The van der Waals surface area contributed by atoms with Gasteiger partial charge < -0.3 is 10.5 Å². The molecule has 2 rings (SSSR count). The SMILES string of the molecule is COc1ccc(C(N)=O)cc1S(=O)(=O)Nc1cccnc1. The molecule has 1 aromatic carbocycles. The van der Waals surface area contributed by atoms with Crippen LogP contribution in [0.15, 0.2) is 47.6 Å². The first-order chi connectivity index (χ1) is 9.94. The van der Waals surface area contributed by atoms with Crippen LogP contribution >= 0.6 is 0 Å². The van der Waals surface area contributed by atoms with E-state index in [-0.39, 0.29) is 16.2 Å². The summed E-state index contributed by atoms with van der Waals surface area (Å²) in [5.74, 6) is -0.619. The zero-order chi connectivity index (χ0) is 15.5. The van der Waals surface area contributed by atoms with Crippen LogP contribution in [0.3, 0.4) is 0 Å². The van der Waals surface area contributed by atoms with E-state index in [4.69, 9.17) is 10.5 Å². The van der Waals surface area contributed by atoms with E-state index in [1.807, 2.05) is 0 Å². The van der Waals surface area contributed by atoms with Gasteiger partial charge in [-0.1, -0.05) is 0 Å². The normalized spacial score (nSPS) is 10.9. The average molecular weight is 307 g/mol. The lowest BCUT2D eigenvalue weighted by Gasteiger charge is -2.12. The molecule has 0 saturated carbocycles. The lowest BCUT2D eigenvalue weighted by Crippen LogP contribution is -2.17. The van der Waals surface area contributed by atoms with Crippen LogP contribution in [0.1, 0.15) is 10.4 Å². The van der Waals surface area contributed by atoms with Crippen LogP contribution in [-0.2, 0) is 10.0 Å². The highest BCUT2D eigenvalue weighted by Gasteiger charge is 2.21. The number of hydrogen-bond donors (Lipinski definition) is 2. The number of primary amides is 1. The third-order valence-corrected chi connectivity index (χ3v) is 4.05. The van der Waals surface area contributed by atoms with E-state index >= 15 is 0 Å². The predicted octanol–water partition coefficient (Wildman–Crippen LogP) is 0.990. The fourth-order valence-corrected chi connectivity index (χ4v) is 2.91. The molecule has 3 N–H and O–H groups in total. The zero-order valence-corrected chi connectivity index (χ0v) is 11.9. The van der Waals surface area contributed by atoms with Crippen LogP contribution < -0.4 is 15.2 Å². The van der Waals surface area contributed by atoms with E-state index in [1.54, 1.807) is 12.1 Å². The van der Waals surface area contributed by atoms with Crippen LogP contribution in [0, 0.1) is 0 Å². The number of nitrogens with one attached hydrogen (secondary N) is 1. The van der Waals surface area contributed by atoms with Gasteiger partial charge >= 0.3 is 0 Å². The zero-order valence-electron chi connectivity index (χ0n) is 11.1. The molecule has 0 aliphatic carbocycles. The van der Waals surface area contributed by atoms with E-state index in [9.17, 15) is 13.2 Å². The molecule has 0 aliphatic heterocycles. The van der Waals surface area contributed by atoms with Crippen molar-refractivity contribution >= 4 is 21.6 Å². The second-order valence-electron chi connectivity index (χ2n) is 4.08. The van der Waals surface area contributed by atoms with Gasteiger partial charge in [-0.3, -0.25) is 14.5 Å². The molecular weight excluding hydrogens is 294 g/mol. The fraction of sp³-hybridized carbons (Fsp3) is 0.0769. The Kier molecular flexibility index (Phi) is 4.08. The minimum absolute atomic E-state index is 0.0716. The second kappa shape index (κ2) is 5.80. The largest absolute Gasteiger partial charge is 0.495 e. The maximum Gasteiger partial charge on any atom is 0.265 e. The summed E-state index contributed by atoms with van der Waals surface area (Å²) in [6, 6.07) is 7.08. The molecule has 1 amide bonds. The van der Waals surface area contributed by atoms with Gasteiger partial charge in [-0.2, -0.15) is 0 Å². The number of benzene rings is 1. The Hall–Kier alpha value is -2.61. The summed E-state index contributed by atoms with van der Waals surface area (Å²) in [5.41, 5.74) is 5.53. The Balaban J connectivity index is 2.48. The fourth-order valence-electron chi connectivity index (χ4n) is 1.67. The maximum absolute atomic E-state index is 12.4. The highest BCUT2D eigenvalue weighted by atomic mass is 32.2. The van der Waals surface area contributed by atoms with Crippen molar-refractivity contribution < 1.29 is 17.9 Å². The number of anilines is 1. The topological polar surface area (TPSA) is 111 Å². The molecule has 21 heavy (non-hydrogen) atoms. The molecule has 0 radical (unpaired) electrons. The molecule has 0 spiro atoms. The van der Waals surface area contributed by atoms with Crippen LogP contribution in [0.5, 0.6) is 5.75 Å². The van der Waals surface area contributed by atoms with Gasteiger partial charge in [-0.05, 0) is 30.3 Å². The molecule has 0 aliphatic rings. The van der Waals surface area contributed by atoms with Gasteiger partial charge in [0.1, 0.15) is 10.6 Å². The number of hydrogen-bond acceptors (Lipinski definition) is 5. The molecule has 2 aromatic rings. The van der Waals surface area contributed by atoms with Crippen LogP contribution in [-0.4, -0.2) is 26.4 Å². The van der Waals surface area contributed by atoms with E-state index in [0.29, 0.717) is 5.69 Å². The van der Waals surface area contributed by atoms with E-state index < -0.39 is 15.9 Å².